The zero-order chi connectivity index (χ0) is 18.2. The molecule has 0 bridgehead atoms. The van der Waals surface area contributed by atoms with Crippen LogP contribution in [0.4, 0.5) is 0 Å². The molecule has 0 aromatic heterocycles. The van der Waals surface area contributed by atoms with Crippen LogP contribution in [0.5, 0.6) is 5.75 Å². The standard InChI is InChI=1S/C20H24N2O3/c1-4-19(23)21-13-20(24)22-14(2)15-9-11-16(12-10-15)17-7-5-6-8-18(17)25-3/h5-12,14H,4,13H2,1-3H3,(H,21,23)(H,22,24). The molecule has 25 heavy (non-hydrogen) atoms. The van der Waals surface area contributed by atoms with Gasteiger partial charge in [-0.15, -0.1) is 0 Å². The van der Waals surface area contributed by atoms with Gasteiger partial charge in [0.2, 0.25) is 11.8 Å². The van der Waals surface area contributed by atoms with Crippen molar-refractivity contribution in [3.8, 4) is 16.9 Å². The van der Waals surface area contributed by atoms with Gasteiger partial charge < -0.3 is 15.4 Å². The van der Waals surface area contributed by atoms with Gasteiger partial charge in [-0.25, -0.2) is 0 Å². The van der Waals surface area contributed by atoms with Crippen molar-refractivity contribution >= 4 is 11.8 Å². The summed E-state index contributed by atoms with van der Waals surface area (Å²) in [7, 11) is 1.65. The molecule has 0 saturated carbocycles. The van der Waals surface area contributed by atoms with Gasteiger partial charge in [-0.05, 0) is 24.1 Å². The number of benzene rings is 2. The molecule has 0 radical (unpaired) electrons. The van der Waals surface area contributed by atoms with Crippen molar-refractivity contribution in [2.24, 2.45) is 0 Å². The molecule has 2 rings (SSSR count). The summed E-state index contributed by atoms with van der Waals surface area (Å²) >= 11 is 0. The van der Waals surface area contributed by atoms with Gasteiger partial charge in [-0.1, -0.05) is 49.4 Å². The smallest absolute Gasteiger partial charge is 0.239 e. The SMILES string of the molecule is CCC(=O)NCC(=O)NC(C)c1ccc(-c2ccccc2OC)cc1. The van der Waals surface area contributed by atoms with E-state index in [0.29, 0.717) is 6.42 Å². The number of carbonyl (C=O) groups is 2. The molecule has 2 N–H and O–H groups in total. The third-order valence-electron chi connectivity index (χ3n) is 3.97. The van der Waals surface area contributed by atoms with E-state index in [0.717, 1.165) is 22.4 Å². The number of carbonyl (C=O) groups excluding carboxylic acids is 2. The molecule has 0 saturated heterocycles. The predicted octanol–water partition coefficient (Wildman–Crippen LogP) is 3.07. The summed E-state index contributed by atoms with van der Waals surface area (Å²) in [6.07, 6.45) is 0.368. The molecule has 1 unspecified atom stereocenters. The van der Waals surface area contributed by atoms with E-state index in [-0.39, 0.29) is 24.4 Å². The van der Waals surface area contributed by atoms with Gasteiger partial charge in [0.25, 0.3) is 0 Å². The molecule has 0 aliphatic carbocycles. The maximum absolute atomic E-state index is 11.9. The lowest BCUT2D eigenvalue weighted by Gasteiger charge is -2.15. The van der Waals surface area contributed by atoms with E-state index in [1.165, 1.54) is 0 Å². The molecular formula is C20H24N2O3. The second-order valence-corrected chi connectivity index (χ2v) is 5.74. The van der Waals surface area contributed by atoms with E-state index >= 15 is 0 Å². The average molecular weight is 340 g/mol. The number of para-hydroxylation sites is 1. The summed E-state index contributed by atoms with van der Waals surface area (Å²) in [5.74, 6) is 0.482. The Bertz CT molecular complexity index is 726. The molecule has 132 valence electrons. The molecule has 5 nitrogen and oxygen atoms in total. The first-order valence-corrected chi connectivity index (χ1v) is 8.34. The Balaban J connectivity index is 2.01. The topological polar surface area (TPSA) is 67.4 Å². The molecule has 0 aliphatic rings. The highest BCUT2D eigenvalue weighted by Gasteiger charge is 2.11. The van der Waals surface area contributed by atoms with E-state index in [4.69, 9.17) is 4.74 Å². The summed E-state index contributed by atoms with van der Waals surface area (Å²) in [4.78, 5) is 23.1. The molecule has 5 heteroatoms. The van der Waals surface area contributed by atoms with Crippen LogP contribution in [-0.4, -0.2) is 25.5 Å². The summed E-state index contributed by atoms with van der Waals surface area (Å²) in [6, 6.07) is 15.7. The van der Waals surface area contributed by atoms with Crippen LogP contribution in [0.1, 0.15) is 31.9 Å². The van der Waals surface area contributed by atoms with Crippen LogP contribution in [0, 0.1) is 0 Å². The average Bonchev–Trinajstić information content (AvgIpc) is 2.66. The highest BCUT2D eigenvalue weighted by Crippen LogP contribution is 2.30. The van der Waals surface area contributed by atoms with Crippen molar-refractivity contribution in [2.45, 2.75) is 26.3 Å². The van der Waals surface area contributed by atoms with Crippen molar-refractivity contribution < 1.29 is 14.3 Å². The fraction of sp³-hybridized carbons (Fsp3) is 0.300. The van der Waals surface area contributed by atoms with Crippen molar-refractivity contribution in [1.29, 1.82) is 0 Å². The zero-order valence-corrected chi connectivity index (χ0v) is 14.8. The van der Waals surface area contributed by atoms with E-state index in [1.807, 2.05) is 55.5 Å². The number of amides is 2. The number of hydrogen-bond donors (Lipinski definition) is 2. The van der Waals surface area contributed by atoms with Crippen LogP contribution in [0.2, 0.25) is 0 Å². The molecule has 0 spiro atoms. The Kier molecular flexibility index (Phi) is 6.57. The lowest BCUT2D eigenvalue weighted by atomic mass is 10.0. The number of ether oxygens (including phenoxy) is 1. The molecule has 2 amide bonds. The third-order valence-corrected chi connectivity index (χ3v) is 3.97. The molecule has 0 aliphatic heterocycles. The fourth-order valence-corrected chi connectivity index (χ4v) is 2.51. The maximum Gasteiger partial charge on any atom is 0.239 e. The van der Waals surface area contributed by atoms with E-state index < -0.39 is 0 Å². The van der Waals surface area contributed by atoms with Gasteiger partial charge in [0.1, 0.15) is 5.75 Å². The Hall–Kier alpha value is -2.82. The minimum Gasteiger partial charge on any atom is -0.496 e. The lowest BCUT2D eigenvalue weighted by Crippen LogP contribution is -2.37. The first-order valence-electron chi connectivity index (χ1n) is 8.34. The highest BCUT2D eigenvalue weighted by molar-refractivity contribution is 5.84. The van der Waals surface area contributed by atoms with Crippen LogP contribution < -0.4 is 15.4 Å². The Morgan fingerprint density at radius 3 is 2.36 bits per heavy atom. The molecule has 0 fully saturated rings. The quantitative estimate of drug-likeness (QED) is 0.814. The predicted molar refractivity (Wildman–Crippen MR) is 98.3 cm³/mol. The van der Waals surface area contributed by atoms with Gasteiger partial charge in [-0.3, -0.25) is 9.59 Å². The van der Waals surface area contributed by atoms with Gasteiger partial charge in [0.05, 0.1) is 19.7 Å². The first-order chi connectivity index (χ1) is 12.0. The minimum absolute atomic E-state index is 0.00366. The summed E-state index contributed by atoms with van der Waals surface area (Å²) in [6.45, 7) is 3.66. The maximum atomic E-state index is 11.9. The van der Waals surface area contributed by atoms with E-state index in [2.05, 4.69) is 10.6 Å². The zero-order valence-electron chi connectivity index (χ0n) is 14.8. The van der Waals surface area contributed by atoms with Crippen LogP contribution in [0.3, 0.4) is 0 Å². The largest absolute Gasteiger partial charge is 0.496 e. The summed E-state index contributed by atoms with van der Waals surface area (Å²) in [5.41, 5.74) is 3.07. The van der Waals surface area contributed by atoms with Crippen LogP contribution in [0.15, 0.2) is 48.5 Å². The molecular weight excluding hydrogens is 316 g/mol. The third kappa shape index (κ3) is 5.08. The highest BCUT2D eigenvalue weighted by atomic mass is 16.5. The summed E-state index contributed by atoms with van der Waals surface area (Å²) in [5, 5.41) is 5.45. The van der Waals surface area contributed by atoms with Crippen LogP contribution >= 0.6 is 0 Å². The fourth-order valence-electron chi connectivity index (χ4n) is 2.51. The van der Waals surface area contributed by atoms with E-state index in [1.54, 1.807) is 14.0 Å². The Morgan fingerprint density at radius 2 is 1.72 bits per heavy atom. The second kappa shape index (κ2) is 8.87. The number of nitrogens with one attached hydrogen (secondary N) is 2. The van der Waals surface area contributed by atoms with Crippen molar-refractivity contribution in [3.63, 3.8) is 0 Å². The molecule has 2 aromatic rings. The Labute approximate surface area is 148 Å². The number of rotatable bonds is 7. The van der Waals surface area contributed by atoms with Crippen LogP contribution in [0.25, 0.3) is 11.1 Å². The number of hydrogen-bond acceptors (Lipinski definition) is 3. The summed E-state index contributed by atoms with van der Waals surface area (Å²) < 4.78 is 5.39. The van der Waals surface area contributed by atoms with Gasteiger partial charge in [-0.2, -0.15) is 0 Å². The van der Waals surface area contributed by atoms with Crippen LogP contribution in [-0.2, 0) is 9.59 Å². The van der Waals surface area contributed by atoms with Gasteiger partial charge in [0.15, 0.2) is 0 Å². The normalized spacial score (nSPS) is 11.5. The molecule has 1 atom stereocenters. The van der Waals surface area contributed by atoms with E-state index in [9.17, 15) is 9.59 Å². The number of methoxy groups -OCH3 is 1. The van der Waals surface area contributed by atoms with Gasteiger partial charge >= 0.3 is 0 Å². The minimum atomic E-state index is -0.205. The monoisotopic (exact) mass is 340 g/mol. The van der Waals surface area contributed by atoms with Crippen molar-refractivity contribution in [1.82, 2.24) is 10.6 Å². The van der Waals surface area contributed by atoms with Crippen molar-refractivity contribution in [3.05, 3.63) is 54.1 Å². The molecule has 2 aromatic carbocycles. The lowest BCUT2D eigenvalue weighted by molar-refractivity contribution is -0.126. The van der Waals surface area contributed by atoms with Crippen molar-refractivity contribution in [2.75, 3.05) is 13.7 Å². The second-order valence-electron chi connectivity index (χ2n) is 5.74. The van der Waals surface area contributed by atoms with Gasteiger partial charge in [0, 0.05) is 12.0 Å². The first kappa shape index (κ1) is 18.5. The Morgan fingerprint density at radius 1 is 1.04 bits per heavy atom. The molecule has 0 heterocycles.